The third kappa shape index (κ3) is 2.22. The summed E-state index contributed by atoms with van der Waals surface area (Å²) in [6.45, 7) is 5.04. The number of benzene rings is 1. The molecule has 2 aliphatic rings. The van der Waals surface area contributed by atoms with Gasteiger partial charge in [-0.2, -0.15) is 0 Å². The Morgan fingerprint density at radius 3 is 2.95 bits per heavy atom. The van der Waals surface area contributed by atoms with Crippen molar-refractivity contribution in [1.82, 2.24) is 4.90 Å². The zero-order valence-corrected chi connectivity index (χ0v) is 11.6. The maximum Gasteiger partial charge on any atom is 0.245 e. The van der Waals surface area contributed by atoms with E-state index >= 15 is 0 Å². The van der Waals surface area contributed by atoms with Crippen LogP contribution >= 0.6 is 0 Å². The second-order valence-electron chi connectivity index (χ2n) is 5.57. The van der Waals surface area contributed by atoms with Crippen LogP contribution in [0.4, 0.5) is 5.69 Å². The van der Waals surface area contributed by atoms with E-state index in [1.807, 2.05) is 0 Å². The SMILES string of the molecule is CCCCN1CCCN2c3ccccc3CC2C1=O. The fraction of sp³-hybridized carbons (Fsp3) is 0.562. The summed E-state index contributed by atoms with van der Waals surface area (Å²) in [5, 5.41) is 0. The van der Waals surface area contributed by atoms with Crippen molar-refractivity contribution >= 4 is 11.6 Å². The van der Waals surface area contributed by atoms with Crippen molar-refractivity contribution in [2.75, 3.05) is 24.5 Å². The molecule has 3 heteroatoms. The van der Waals surface area contributed by atoms with E-state index < -0.39 is 0 Å². The van der Waals surface area contributed by atoms with E-state index in [0.29, 0.717) is 5.91 Å². The van der Waals surface area contributed by atoms with E-state index in [-0.39, 0.29) is 6.04 Å². The third-order valence-electron chi connectivity index (χ3n) is 4.30. The van der Waals surface area contributed by atoms with Crippen LogP contribution in [0.25, 0.3) is 0 Å². The van der Waals surface area contributed by atoms with Crippen LogP contribution in [0, 0.1) is 0 Å². The molecular formula is C16H22N2O. The first-order valence-electron chi connectivity index (χ1n) is 7.44. The Labute approximate surface area is 115 Å². The van der Waals surface area contributed by atoms with Crippen molar-refractivity contribution in [2.24, 2.45) is 0 Å². The summed E-state index contributed by atoms with van der Waals surface area (Å²) in [5.74, 6) is 0.335. The Kier molecular flexibility index (Phi) is 3.45. The molecule has 1 atom stereocenters. The van der Waals surface area contributed by atoms with Crippen molar-refractivity contribution in [1.29, 1.82) is 0 Å². The van der Waals surface area contributed by atoms with Gasteiger partial charge in [-0.1, -0.05) is 31.5 Å². The number of amides is 1. The Morgan fingerprint density at radius 2 is 2.11 bits per heavy atom. The lowest BCUT2D eigenvalue weighted by Crippen LogP contribution is -2.44. The highest BCUT2D eigenvalue weighted by molar-refractivity contribution is 5.88. The van der Waals surface area contributed by atoms with Gasteiger partial charge < -0.3 is 9.80 Å². The molecule has 3 nitrogen and oxygen atoms in total. The maximum atomic E-state index is 12.7. The largest absolute Gasteiger partial charge is 0.359 e. The lowest BCUT2D eigenvalue weighted by molar-refractivity contribution is -0.131. The summed E-state index contributed by atoms with van der Waals surface area (Å²) in [4.78, 5) is 17.1. The van der Waals surface area contributed by atoms with Gasteiger partial charge >= 0.3 is 0 Å². The molecule has 1 unspecified atom stereocenters. The van der Waals surface area contributed by atoms with Gasteiger partial charge in [0.05, 0.1) is 0 Å². The molecule has 0 bridgehead atoms. The quantitative estimate of drug-likeness (QED) is 0.831. The molecule has 1 saturated heterocycles. The number of rotatable bonds is 3. The van der Waals surface area contributed by atoms with Crippen molar-refractivity contribution in [3.05, 3.63) is 29.8 Å². The molecule has 3 rings (SSSR count). The number of carbonyl (C=O) groups excluding carboxylic acids is 1. The fourth-order valence-electron chi connectivity index (χ4n) is 3.27. The number of anilines is 1. The lowest BCUT2D eigenvalue weighted by atomic mass is 10.1. The summed E-state index contributed by atoms with van der Waals surface area (Å²) in [6, 6.07) is 8.52. The first-order chi connectivity index (χ1) is 9.31. The van der Waals surface area contributed by atoms with Gasteiger partial charge in [-0.3, -0.25) is 4.79 Å². The van der Waals surface area contributed by atoms with E-state index in [1.54, 1.807) is 0 Å². The number of hydrogen-bond acceptors (Lipinski definition) is 2. The van der Waals surface area contributed by atoms with Gasteiger partial charge in [-0.25, -0.2) is 0 Å². The van der Waals surface area contributed by atoms with Gasteiger partial charge in [0.25, 0.3) is 0 Å². The second kappa shape index (κ2) is 5.24. The Morgan fingerprint density at radius 1 is 1.26 bits per heavy atom. The smallest absolute Gasteiger partial charge is 0.245 e. The van der Waals surface area contributed by atoms with Crippen LogP contribution in [0.3, 0.4) is 0 Å². The predicted octanol–water partition coefficient (Wildman–Crippen LogP) is 2.45. The lowest BCUT2D eigenvalue weighted by Gasteiger charge is -2.26. The molecular weight excluding hydrogens is 236 g/mol. The van der Waals surface area contributed by atoms with Crippen LogP contribution in [0.5, 0.6) is 0 Å². The van der Waals surface area contributed by atoms with Crippen LogP contribution in [0.15, 0.2) is 24.3 Å². The van der Waals surface area contributed by atoms with Crippen molar-refractivity contribution < 1.29 is 4.79 Å². The number of hydrogen-bond donors (Lipinski definition) is 0. The number of fused-ring (bicyclic) bond motifs is 3. The monoisotopic (exact) mass is 258 g/mol. The number of nitrogens with zero attached hydrogens (tertiary/aromatic N) is 2. The minimum atomic E-state index is 0.0526. The molecule has 1 aromatic rings. The van der Waals surface area contributed by atoms with Crippen LogP contribution in [0.1, 0.15) is 31.7 Å². The summed E-state index contributed by atoms with van der Waals surface area (Å²) in [6.07, 6.45) is 4.24. The standard InChI is InChI=1S/C16H22N2O/c1-2-3-9-17-10-6-11-18-14-8-5-4-7-13(14)12-15(18)16(17)19/h4-5,7-8,15H,2-3,6,9-12H2,1H3. The van der Waals surface area contributed by atoms with Crippen LogP contribution < -0.4 is 4.90 Å². The molecule has 1 amide bonds. The molecule has 0 spiro atoms. The Bertz CT molecular complexity index is 472. The normalized spacial score (nSPS) is 22.2. The Hall–Kier alpha value is -1.51. The molecule has 0 radical (unpaired) electrons. The van der Waals surface area contributed by atoms with Crippen molar-refractivity contribution in [2.45, 2.75) is 38.6 Å². The van der Waals surface area contributed by atoms with Crippen LogP contribution in [0.2, 0.25) is 0 Å². The summed E-state index contributed by atoms with van der Waals surface area (Å²) < 4.78 is 0. The predicted molar refractivity (Wildman–Crippen MR) is 77.4 cm³/mol. The van der Waals surface area contributed by atoms with Gasteiger partial charge in [0.15, 0.2) is 0 Å². The maximum absolute atomic E-state index is 12.7. The van der Waals surface area contributed by atoms with Gasteiger partial charge in [0, 0.05) is 31.7 Å². The average Bonchev–Trinajstić information content (AvgIpc) is 2.73. The van der Waals surface area contributed by atoms with Gasteiger partial charge in [-0.05, 0) is 24.5 Å². The fourth-order valence-corrected chi connectivity index (χ4v) is 3.27. The highest BCUT2D eigenvalue weighted by Crippen LogP contribution is 2.34. The highest BCUT2D eigenvalue weighted by Gasteiger charge is 2.37. The van der Waals surface area contributed by atoms with E-state index in [0.717, 1.165) is 45.3 Å². The first kappa shape index (κ1) is 12.5. The minimum Gasteiger partial charge on any atom is -0.359 e. The molecule has 102 valence electrons. The van der Waals surface area contributed by atoms with Crippen LogP contribution in [-0.4, -0.2) is 36.5 Å². The number of unbranched alkanes of at least 4 members (excludes halogenated alkanes) is 1. The number of para-hydroxylation sites is 1. The molecule has 2 heterocycles. The Balaban J connectivity index is 1.82. The van der Waals surface area contributed by atoms with Gasteiger partial charge in [0.1, 0.15) is 6.04 Å². The molecule has 0 N–H and O–H groups in total. The first-order valence-corrected chi connectivity index (χ1v) is 7.44. The van der Waals surface area contributed by atoms with Gasteiger partial charge in [-0.15, -0.1) is 0 Å². The average molecular weight is 258 g/mol. The van der Waals surface area contributed by atoms with E-state index in [1.165, 1.54) is 11.3 Å². The van der Waals surface area contributed by atoms with Crippen molar-refractivity contribution in [3.8, 4) is 0 Å². The zero-order valence-electron chi connectivity index (χ0n) is 11.6. The second-order valence-corrected chi connectivity index (χ2v) is 5.57. The highest BCUT2D eigenvalue weighted by atomic mass is 16.2. The van der Waals surface area contributed by atoms with E-state index in [4.69, 9.17) is 0 Å². The molecule has 19 heavy (non-hydrogen) atoms. The number of carbonyl (C=O) groups is 1. The summed E-state index contributed by atoms with van der Waals surface area (Å²) in [5.41, 5.74) is 2.61. The van der Waals surface area contributed by atoms with Crippen LogP contribution in [-0.2, 0) is 11.2 Å². The van der Waals surface area contributed by atoms with Crippen molar-refractivity contribution in [3.63, 3.8) is 0 Å². The van der Waals surface area contributed by atoms with E-state index in [2.05, 4.69) is 41.0 Å². The summed E-state index contributed by atoms with van der Waals surface area (Å²) >= 11 is 0. The van der Waals surface area contributed by atoms with E-state index in [9.17, 15) is 4.79 Å². The zero-order chi connectivity index (χ0) is 13.2. The summed E-state index contributed by atoms with van der Waals surface area (Å²) in [7, 11) is 0. The molecule has 1 aromatic carbocycles. The minimum absolute atomic E-state index is 0.0526. The molecule has 0 aromatic heterocycles. The van der Waals surface area contributed by atoms with Gasteiger partial charge in [0.2, 0.25) is 5.91 Å². The topological polar surface area (TPSA) is 23.6 Å². The molecule has 0 saturated carbocycles. The molecule has 1 fully saturated rings. The molecule has 0 aliphatic carbocycles. The molecule has 2 aliphatic heterocycles. The third-order valence-corrected chi connectivity index (χ3v) is 4.30.